The fourth-order valence-electron chi connectivity index (χ4n) is 1.76. The van der Waals surface area contributed by atoms with Crippen molar-refractivity contribution in [3.05, 3.63) is 34.9 Å². The molecular formula is C15H23NO. The molecule has 0 radical (unpaired) electrons. The molecule has 0 unspecified atom stereocenters. The third-order valence-electron chi connectivity index (χ3n) is 3.66. The monoisotopic (exact) mass is 233 g/mol. The first-order chi connectivity index (χ1) is 7.55. The number of Topliss-reactive ketones (excluding diaryl/α,β-unsaturated/α-hetero) is 1. The van der Waals surface area contributed by atoms with E-state index >= 15 is 0 Å². The number of hydrogen-bond acceptors (Lipinski definition) is 2. The molecular weight excluding hydrogens is 210 g/mol. The number of benzene rings is 1. The number of carbonyl (C=O) groups is 1. The minimum Gasteiger partial charge on any atom is -0.325 e. The number of hydrogen-bond donors (Lipinski definition) is 1. The molecule has 17 heavy (non-hydrogen) atoms. The van der Waals surface area contributed by atoms with Crippen molar-refractivity contribution in [3.63, 3.8) is 0 Å². The van der Waals surface area contributed by atoms with Crippen LogP contribution in [0.4, 0.5) is 0 Å². The highest BCUT2D eigenvalue weighted by molar-refractivity contribution is 6.01. The maximum atomic E-state index is 12.5. The molecule has 2 nitrogen and oxygen atoms in total. The largest absolute Gasteiger partial charge is 0.325 e. The van der Waals surface area contributed by atoms with Crippen molar-refractivity contribution >= 4 is 5.78 Å². The Balaban J connectivity index is 3.21. The van der Waals surface area contributed by atoms with E-state index in [9.17, 15) is 4.79 Å². The van der Waals surface area contributed by atoms with Gasteiger partial charge in [0.15, 0.2) is 5.78 Å². The van der Waals surface area contributed by atoms with Gasteiger partial charge in [0.05, 0.1) is 0 Å². The molecule has 0 amide bonds. The summed E-state index contributed by atoms with van der Waals surface area (Å²) in [5, 5.41) is 0. The lowest BCUT2D eigenvalue weighted by Gasteiger charge is -2.37. The summed E-state index contributed by atoms with van der Waals surface area (Å²) in [4.78, 5) is 12.5. The number of nitrogens with two attached hydrogens (primary N) is 1. The number of aryl methyl sites for hydroxylation is 2. The molecule has 94 valence electrons. The number of rotatable bonds is 3. The van der Waals surface area contributed by atoms with Gasteiger partial charge in [0.1, 0.15) is 0 Å². The molecule has 0 heterocycles. The first kappa shape index (κ1) is 13.9. The topological polar surface area (TPSA) is 43.1 Å². The lowest BCUT2D eigenvalue weighted by Crippen LogP contribution is -2.51. The molecule has 0 aliphatic rings. The smallest absolute Gasteiger partial charge is 0.170 e. The van der Waals surface area contributed by atoms with Gasteiger partial charge in [-0.3, -0.25) is 4.79 Å². The van der Waals surface area contributed by atoms with Crippen LogP contribution in [-0.2, 0) is 0 Å². The molecule has 1 rings (SSSR count). The summed E-state index contributed by atoms with van der Waals surface area (Å²) in [7, 11) is 0. The zero-order valence-corrected chi connectivity index (χ0v) is 11.7. The van der Waals surface area contributed by atoms with Crippen molar-refractivity contribution in [1.29, 1.82) is 0 Å². The van der Waals surface area contributed by atoms with E-state index in [0.717, 1.165) is 16.7 Å². The van der Waals surface area contributed by atoms with Crippen LogP contribution in [0.2, 0.25) is 0 Å². The van der Waals surface area contributed by atoms with Crippen LogP contribution in [0.1, 0.15) is 49.2 Å². The van der Waals surface area contributed by atoms with Crippen LogP contribution in [-0.4, -0.2) is 11.3 Å². The molecule has 0 saturated heterocycles. The molecule has 1 aromatic carbocycles. The first-order valence-electron chi connectivity index (χ1n) is 5.97. The van der Waals surface area contributed by atoms with Crippen LogP contribution in [0.5, 0.6) is 0 Å². The Morgan fingerprint density at radius 2 is 1.41 bits per heavy atom. The van der Waals surface area contributed by atoms with Crippen molar-refractivity contribution < 1.29 is 4.79 Å². The Labute approximate surface area is 104 Å². The predicted octanol–water partition coefficient (Wildman–Crippen LogP) is 3.25. The Kier molecular flexibility index (Phi) is 3.49. The average Bonchev–Trinajstić information content (AvgIpc) is 2.13. The Bertz CT molecular complexity index is 418. The first-order valence-corrected chi connectivity index (χ1v) is 5.97. The summed E-state index contributed by atoms with van der Waals surface area (Å²) in [6.07, 6.45) is 0. The molecule has 0 fully saturated rings. The summed E-state index contributed by atoms with van der Waals surface area (Å²) < 4.78 is 0. The van der Waals surface area contributed by atoms with Crippen molar-refractivity contribution in [2.45, 2.75) is 47.1 Å². The maximum absolute atomic E-state index is 12.5. The second-order valence-corrected chi connectivity index (χ2v) is 6.05. The lowest BCUT2D eigenvalue weighted by molar-refractivity contribution is 0.0735. The van der Waals surface area contributed by atoms with Gasteiger partial charge in [-0.2, -0.15) is 0 Å². The average molecular weight is 233 g/mol. The zero-order valence-electron chi connectivity index (χ0n) is 11.7. The van der Waals surface area contributed by atoms with Crippen molar-refractivity contribution in [3.8, 4) is 0 Å². The summed E-state index contributed by atoms with van der Waals surface area (Å²) in [5.41, 5.74) is 7.97. The SMILES string of the molecule is Cc1cc(C)cc(C(=O)C(C)(C)C(C)(C)N)c1. The van der Waals surface area contributed by atoms with Crippen LogP contribution < -0.4 is 5.73 Å². The van der Waals surface area contributed by atoms with E-state index in [4.69, 9.17) is 5.73 Å². The third-order valence-corrected chi connectivity index (χ3v) is 3.66. The highest BCUT2D eigenvalue weighted by atomic mass is 16.1. The molecule has 0 saturated carbocycles. The molecule has 1 aromatic rings. The van der Waals surface area contributed by atoms with E-state index in [2.05, 4.69) is 6.07 Å². The summed E-state index contributed by atoms with van der Waals surface area (Å²) in [6, 6.07) is 5.93. The van der Waals surface area contributed by atoms with E-state index in [1.54, 1.807) is 0 Å². The van der Waals surface area contributed by atoms with Gasteiger partial charge in [-0.05, 0) is 39.8 Å². The molecule has 0 bridgehead atoms. The molecule has 0 aliphatic heterocycles. The second kappa shape index (κ2) is 4.26. The van der Waals surface area contributed by atoms with Crippen molar-refractivity contribution in [2.75, 3.05) is 0 Å². The Hall–Kier alpha value is -1.15. The number of carbonyl (C=O) groups excluding carboxylic acids is 1. The molecule has 0 aliphatic carbocycles. The minimum atomic E-state index is -0.576. The van der Waals surface area contributed by atoms with E-state index < -0.39 is 11.0 Å². The van der Waals surface area contributed by atoms with Crippen molar-refractivity contribution in [1.82, 2.24) is 0 Å². The molecule has 0 atom stereocenters. The predicted molar refractivity (Wildman–Crippen MR) is 72.3 cm³/mol. The minimum absolute atomic E-state index is 0.108. The van der Waals surface area contributed by atoms with E-state index in [1.165, 1.54) is 0 Å². The fraction of sp³-hybridized carbons (Fsp3) is 0.533. The summed E-state index contributed by atoms with van der Waals surface area (Å²) in [6.45, 7) is 11.6. The van der Waals surface area contributed by atoms with Crippen LogP contribution in [0.3, 0.4) is 0 Å². The fourth-order valence-corrected chi connectivity index (χ4v) is 1.76. The quantitative estimate of drug-likeness (QED) is 0.814. The van der Waals surface area contributed by atoms with Gasteiger partial charge in [0, 0.05) is 16.5 Å². The summed E-state index contributed by atoms with van der Waals surface area (Å²) in [5.74, 6) is 0.108. The second-order valence-electron chi connectivity index (χ2n) is 6.05. The van der Waals surface area contributed by atoms with Gasteiger partial charge >= 0.3 is 0 Å². The molecule has 2 N–H and O–H groups in total. The van der Waals surface area contributed by atoms with E-state index in [0.29, 0.717) is 0 Å². The number of ketones is 1. The standard InChI is InChI=1S/C15H23NO/c1-10-7-11(2)9-12(8-10)13(17)14(3,4)15(5,6)16/h7-9H,16H2,1-6H3. The van der Waals surface area contributed by atoms with Gasteiger partial charge in [-0.15, -0.1) is 0 Å². The van der Waals surface area contributed by atoms with Crippen molar-refractivity contribution in [2.24, 2.45) is 11.1 Å². The maximum Gasteiger partial charge on any atom is 0.170 e. The van der Waals surface area contributed by atoms with Gasteiger partial charge in [0.2, 0.25) is 0 Å². The van der Waals surface area contributed by atoms with Gasteiger partial charge in [0.25, 0.3) is 0 Å². The third kappa shape index (κ3) is 2.75. The molecule has 0 aromatic heterocycles. The lowest BCUT2D eigenvalue weighted by atomic mass is 9.70. The van der Waals surface area contributed by atoms with Gasteiger partial charge in [-0.1, -0.05) is 31.0 Å². The molecule has 2 heteroatoms. The zero-order chi connectivity index (χ0) is 13.4. The van der Waals surface area contributed by atoms with Gasteiger partial charge < -0.3 is 5.73 Å². The van der Waals surface area contributed by atoms with E-state index in [1.807, 2.05) is 53.7 Å². The normalized spacial score (nSPS) is 12.6. The van der Waals surface area contributed by atoms with Crippen LogP contribution in [0.25, 0.3) is 0 Å². The molecule has 0 spiro atoms. The Morgan fingerprint density at radius 3 is 1.76 bits per heavy atom. The Morgan fingerprint density at radius 1 is 1.00 bits per heavy atom. The van der Waals surface area contributed by atoms with Gasteiger partial charge in [-0.25, -0.2) is 0 Å². The van der Waals surface area contributed by atoms with E-state index in [-0.39, 0.29) is 5.78 Å². The highest BCUT2D eigenvalue weighted by Crippen LogP contribution is 2.32. The van der Waals surface area contributed by atoms with Crippen LogP contribution >= 0.6 is 0 Å². The van der Waals surface area contributed by atoms with Crippen LogP contribution in [0, 0.1) is 19.3 Å². The highest BCUT2D eigenvalue weighted by Gasteiger charge is 2.40. The summed E-state index contributed by atoms with van der Waals surface area (Å²) >= 11 is 0. The van der Waals surface area contributed by atoms with Crippen LogP contribution in [0.15, 0.2) is 18.2 Å².